The minimum absolute atomic E-state index is 0.568. The van der Waals surface area contributed by atoms with Crippen molar-refractivity contribution in [1.82, 2.24) is 29.2 Å². The summed E-state index contributed by atoms with van der Waals surface area (Å²) in [6, 6.07) is 12.3. The van der Waals surface area contributed by atoms with Crippen LogP contribution in [0, 0.1) is 0 Å². The number of imidazole rings is 1. The van der Waals surface area contributed by atoms with E-state index in [-0.39, 0.29) is 0 Å². The second-order valence-electron chi connectivity index (χ2n) is 9.03. The molecular formula is C26H31N7O. The third-order valence-corrected chi connectivity index (χ3v) is 6.00. The first-order valence-electron chi connectivity index (χ1n) is 11.9. The van der Waals surface area contributed by atoms with Crippen LogP contribution in [0.3, 0.4) is 0 Å². The first-order chi connectivity index (χ1) is 16.6. The fraction of sp³-hybridized carbons (Fsp3) is 0.385. The standard InChI is InChI=1S/C26H31N7O/c1-31(2)14-15-34-26-7-5-6-21(29-26)18-23-28-22(19-25(30-23)32-10-3-4-11-32)16-20-8-12-33-13-9-27-24(33)17-20/h5-9,12-13,17,19H,3-4,10-11,14-16,18H2,1-2H3. The molecule has 1 aliphatic heterocycles. The number of hydrogen-bond donors (Lipinski definition) is 0. The number of ether oxygens (including phenoxy) is 1. The first kappa shape index (κ1) is 22.3. The van der Waals surface area contributed by atoms with Crippen LogP contribution < -0.4 is 9.64 Å². The van der Waals surface area contributed by atoms with Gasteiger partial charge in [-0.3, -0.25) is 0 Å². The Hall–Kier alpha value is -3.52. The molecule has 0 radical (unpaired) electrons. The number of rotatable bonds is 9. The first-order valence-corrected chi connectivity index (χ1v) is 11.9. The summed E-state index contributed by atoms with van der Waals surface area (Å²) in [6.07, 6.45) is 9.54. The Morgan fingerprint density at radius 2 is 1.82 bits per heavy atom. The smallest absolute Gasteiger partial charge is 0.213 e. The summed E-state index contributed by atoms with van der Waals surface area (Å²) in [7, 11) is 4.06. The highest BCUT2D eigenvalue weighted by Crippen LogP contribution is 2.22. The zero-order chi connectivity index (χ0) is 23.3. The Bertz CT molecular complexity index is 1250. The molecule has 0 saturated carbocycles. The van der Waals surface area contributed by atoms with E-state index in [4.69, 9.17) is 14.7 Å². The number of nitrogens with zero attached hydrogens (tertiary/aromatic N) is 7. The van der Waals surface area contributed by atoms with Gasteiger partial charge in [0.25, 0.3) is 0 Å². The molecule has 0 amide bonds. The molecule has 1 aliphatic rings. The molecular weight excluding hydrogens is 426 g/mol. The lowest BCUT2D eigenvalue weighted by Crippen LogP contribution is -2.20. The Labute approximate surface area is 200 Å². The minimum Gasteiger partial charge on any atom is -0.476 e. The van der Waals surface area contributed by atoms with Crippen LogP contribution in [0.1, 0.15) is 35.6 Å². The predicted molar refractivity (Wildman–Crippen MR) is 133 cm³/mol. The number of pyridine rings is 2. The highest BCUT2D eigenvalue weighted by molar-refractivity contribution is 5.45. The van der Waals surface area contributed by atoms with E-state index >= 15 is 0 Å². The van der Waals surface area contributed by atoms with Gasteiger partial charge in [0.05, 0.1) is 17.8 Å². The molecule has 8 heteroatoms. The molecule has 0 atom stereocenters. The quantitative estimate of drug-likeness (QED) is 0.382. The van der Waals surface area contributed by atoms with Crippen LogP contribution in [0.5, 0.6) is 5.88 Å². The van der Waals surface area contributed by atoms with Crippen LogP contribution in [-0.2, 0) is 12.8 Å². The van der Waals surface area contributed by atoms with E-state index in [2.05, 4.69) is 38.0 Å². The summed E-state index contributed by atoms with van der Waals surface area (Å²) in [5.74, 6) is 2.44. The van der Waals surface area contributed by atoms with Gasteiger partial charge in [-0.1, -0.05) is 6.07 Å². The van der Waals surface area contributed by atoms with Crippen LogP contribution >= 0.6 is 0 Å². The number of anilines is 1. The van der Waals surface area contributed by atoms with Gasteiger partial charge < -0.3 is 18.9 Å². The van der Waals surface area contributed by atoms with E-state index in [1.807, 2.05) is 55.3 Å². The van der Waals surface area contributed by atoms with E-state index in [1.54, 1.807) is 0 Å². The van der Waals surface area contributed by atoms with Crippen LogP contribution in [0.4, 0.5) is 5.82 Å². The van der Waals surface area contributed by atoms with Gasteiger partial charge in [0.1, 0.15) is 23.9 Å². The Morgan fingerprint density at radius 3 is 2.68 bits per heavy atom. The second kappa shape index (κ2) is 10.2. The second-order valence-corrected chi connectivity index (χ2v) is 9.03. The Balaban J connectivity index is 1.38. The average molecular weight is 458 g/mol. The molecule has 5 heterocycles. The molecule has 4 aromatic heterocycles. The third-order valence-electron chi connectivity index (χ3n) is 6.00. The van der Waals surface area contributed by atoms with Gasteiger partial charge in [-0.2, -0.15) is 0 Å². The van der Waals surface area contributed by atoms with Crippen molar-refractivity contribution >= 4 is 11.5 Å². The predicted octanol–water partition coefficient (Wildman–Crippen LogP) is 3.24. The summed E-state index contributed by atoms with van der Waals surface area (Å²) in [5.41, 5.74) is 4.05. The molecule has 0 N–H and O–H groups in total. The number of aromatic nitrogens is 5. The molecule has 0 bridgehead atoms. The molecule has 8 nitrogen and oxygen atoms in total. The summed E-state index contributed by atoms with van der Waals surface area (Å²) in [6.45, 7) is 3.54. The van der Waals surface area contributed by atoms with Gasteiger partial charge in [-0.15, -0.1) is 0 Å². The van der Waals surface area contributed by atoms with Crippen molar-refractivity contribution in [2.24, 2.45) is 0 Å². The largest absolute Gasteiger partial charge is 0.476 e. The molecule has 0 spiro atoms. The van der Waals surface area contributed by atoms with Crippen LogP contribution in [0.2, 0.25) is 0 Å². The van der Waals surface area contributed by atoms with Crippen molar-refractivity contribution in [3.8, 4) is 5.88 Å². The average Bonchev–Trinajstić information content (AvgIpc) is 3.51. The van der Waals surface area contributed by atoms with Gasteiger partial charge in [0, 0.05) is 56.8 Å². The lowest BCUT2D eigenvalue weighted by molar-refractivity contribution is 0.253. The van der Waals surface area contributed by atoms with Crippen LogP contribution in [-0.4, -0.2) is 69.6 Å². The van der Waals surface area contributed by atoms with Crippen molar-refractivity contribution in [3.05, 3.63) is 77.8 Å². The van der Waals surface area contributed by atoms with E-state index in [0.29, 0.717) is 18.9 Å². The Morgan fingerprint density at radius 1 is 0.941 bits per heavy atom. The van der Waals surface area contributed by atoms with Gasteiger partial charge >= 0.3 is 0 Å². The van der Waals surface area contributed by atoms with Gasteiger partial charge in [-0.05, 0) is 50.7 Å². The minimum atomic E-state index is 0.568. The van der Waals surface area contributed by atoms with Crippen molar-refractivity contribution in [2.45, 2.75) is 25.7 Å². The molecule has 0 aromatic carbocycles. The SMILES string of the molecule is CN(C)CCOc1cccc(Cc2nc(Cc3ccn4ccnc4c3)cc(N3CCCC3)n2)n1. The zero-order valence-corrected chi connectivity index (χ0v) is 19.9. The molecule has 34 heavy (non-hydrogen) atoms. The van der Waals surface area contributed by atoms with E-state index < -0.39 is 0 Å². The monoisotopic (exact) mass is 457 g/mol. The summed E-state index contributed by atoms with van der Waals surface area (Å²) in [4.78, 5) is 23.4. The highest BCUT2D eigenvalue weighted by atomic mass is 16.5. The summed E-state index contributed by atoms with van der Waals surface area (Å²) >= 11 is 0. The van der Waals surface area contributed by atoms with Crippen molar-refractivity contribution in [2.75, 3.05) is 45.2 Å². The van der Waals surface area contributed by atoms with E-state index in [0.717, 1.165) is 54.7 Å². The van der Waals surface area contributed by atoms with Gasteiger partial charge in [-0.25, -0.2) is 19.9 Å². The molecule has 1 fully saturated rings. The maximum absolute atomic E-state index is 5.82. The number of fused-ring (bicyclic) bond motifs is 1. The summed E-state index contributed by atoms with van der Waals surface area (Å²) in [5, 5.41) is 0. The maximum atomic E-state index is 5.82. The number of hydrogen-bond acceptors (Lipinski definition) is 7. The Kier molecular flexibility index (Phi) is 6.67. The molecule has 176 valence electrons. The van der Waals surface area contributed by atoms with Crippen molar-refractivity contribution in [1.29, 1.82) is 0 Å². The molecule has 0 aliphatic carbocycles. The lowest BCUT2D eigenvalue weighted by atomic mass is 10.1. The number of likely N-dealkylation sites (N-methyl/N-ethyl adjacent to an activating group) is 1. The highest BCUT2D eigenvalue weighted by Gasteiger charge is 2.17. The fourth-order valence-corrected chi connectivity index (χ4v) is 4.22. The molecule has 5 rings (SSSR count). The van der Waals surface area contributed by atoms with Crippen molar-refractivity contribution in [3.63, 3.8) is 0 Å². The van der Waals surface area contributed by atoms with Crippen molar-refractivity contribution < 1.29 is 4.74 Å². The van der Waals surface area contributed by atoms with Crippen LogP contribution in [0.25, 0.3) is 5.65 Å². The topological polar surface area (TPSA) is 71.7 Å². The molecule has 4 aromatic rings. The maximum Gasteiger partial charge on any atom is 0.213 e. The lowest BCUT2D eigenvalue weighted by Gasteiger charge is -2.18. The van der Waals surface area contributed by atoms with Crippen LogP contribution in [0.15, 0.2) is 55.0 Å². The van der Waals surface area contributed by atoms with Gasteiger partial charge in [0.2, 0.25) is 5.88 Å². The van der Waals surface area contributed by atoms with Gasteiger partial charge in [0.15, 0.2) is 0 Å². The summed E-state index contributed by atoms with van der Waals surface area (Å²) < 4.78 is 7.84. The zero-order valence-electron chi connectivity index (χ0n) is 19.9. The third kappa shape index (κ3) is 5.51. The van der Waals surface area contributed by atoms with E-state index in [9.17, 15) is 0 Å². The fourth-order valence-electron chi connectivity index (χ4n) is 4.22. The molecule has 1 saturated heterocycles. The molecule has 0 unspecified atom stereocenters. The normalized spacial score (nSPS) is 13.8. The van der Waals surface area contributed by atoms with E-state index in [1.165, 1.54) is 18.4 Å².